The number of pyridine rings is 1. The number of benzene rings is 3. The van der Waals surface area contributed by atoms with Gasteiger partial charge in [-0.25, -0.2) is 0 Å². The van der Waals surface area contributed by atoms with Crippen LogP contribution in [0, 0.1) is 0 Å². The Morgan fingerprint density at radius 2 is 0.891 bits per heavy atom. The third-order valence-corrected chi connectivity index (χ3v) is 7.42. The number of fused-ring (bicyclic) bond motifs is 4. The number of aromatic nitrogens is 1. The Bertz CT molecular complexity index is 988. The molecule has 8 rings (SSSR count). The Morgan fingerprint density at radius 1 is 0.478 bits per heavy atom. The van der Waals surface area contributed by atoms with E-state index in [9.17, 15) is 0 Å². The van der Waals surface area contributed by atoms with Crippen LogP contribution in [-0.4, -0.2) is 30.6 Å². The number of aryl methyl sites for hydroxylation is 1. The van der Waals surface area contributed by atoms with Crippen molar-refractivity contribution >= 4 is 11.8 Å². The monoisotopic (exact) mass is 649 g/mol. The molecule has 0 saturated heterocycles. The number of hydrogen-bond donors (Lipinski definition) is 0. The molecule has 4 aliphatic heterocycles. The van der Waals surface area contributed by atoms with Crippen molar-refractivity contribution in [2.24, 2.45) is 0 Å². The first-order chi connectivity index (χ1) is 21.9. The fourth-order valence-corrected chi connectivity index (χ4v) is 5.45. The van der Waals surface area contributed by atoms with Gasteiger partial charge in [0.25, 0.3) is 0 Å². The SMILES string of the molecule is C.C.CC.CC.CC.CC.c1cc2c(cn1)OCC2.c1ccc2c(c1)CCO2.c1ccc2c(c1)CCO2.c1ccc2c(c1)CCS2. The normalized spacial score (nSPS) is 12.2. The molecule has 4 aromatic rings. The van der Waals surface area contributed by atoms with Gasteiger partial charge in [0.2, 0.25) is 0 Å². The number of hydrogen-bond acceptors (Lipinski definition) is 5. The van der Waals surface area contributed by atoms with E-state index >= 15 is 0 Å². The lowest BCUT2D eigenvalue weighted by atomic mass is 10.2. The minimum absolute atomic E-state index is 0. The summed E-state index contributed by atoms with van der Waals surface area (Å²) >= 11 is 1.97. The molecule has 4 nitrogen and oxygen atoms in total. The molecule has 5 heteroatoms. The molecule has 0 N–H and O–H groups in total. The molecular formula is C41H63NO3S. The van der Waals surface area contributed by atoms with Crippen LogP contribution < -0.4 is 14.2 Å². The topological polar surface area (TPSA) is 40.6 Å². The number of nitrogens with zero attached hydrogens (tertiary/aromatic N) is 1. The van der Waals surface area contributed by atoms with E-state index in [0.29, 0.717) is 0 Å². The van der Waals surface area contributed by atoms with Crippen LogP contribution in [0.25, 0.3) is 0 Å². The summed E-state index contributed by atoms with van der Waals surface area (Å²) in [6, 6.07) is 27.0. The van der Waals surface area contributed by atoms with Crippen molar-refractivity contribution in [1.29, 1.82) is 0 Å². The zero-order valence-electron chi connectivity index (χ0n) is 28.4. The van der Waals surface area contributed by atoms with Crippen LogP contribution in [0.4, 0.5) is 0 Å². The minimum Gasteiger partial charge on any atom is -0.493 e. The van der Waals surface area contributed by atoms with Crippen molar-refractivity contribution in [2.45, 2.75) is 101 Å². The first kappa shape index (κ1) is 44.7. The molecule has 4 aliphatic rings. The van der Waals surface area contributed by atoms with Crippen molar-refractivity contribution in [2.75, 3.05) is 25.6 Å². The van der Waals surface area contributed by atoms with Gasteiger partial charge < -0.3 is 14.2 Å². The second-order valence-corrected chi connectivity index (χ2v) is 9.84. The highest BCUT2D eigenvalue weighted by Gasteiger charge is 2.10. The fraction of sp³-hybridized carbons (Fsp3) is 0.439. The van der Waals surface area contributed by atoms with Gasteiger partial charge in [-0.3, -0.25) is 4.98 Å². The highest BCUT2D eigenvalue weighted by molar-refractivity contribution is 7.99. The molecule has 0 unspecified atom stereocenters. The third-order valence-electron chi connectivity index (χ3n) is 6.30. The predicted octanol–water partition coefficient (Wildman–Crippen LogP) is 12.0. The number of rotatable bonds is 0. The summed E-state index contributed by atoms with van der Waals surface area (Å²) in [5.74, 6) is 4.37. The Labute approximate surface area is 287 Å². The molecule has 0 aliphatic carbocycles. The van der Waals surface area contributed by atoms with E-state index in [2.05, 4.69) is 41.4 Å². The minimum atomic E-state index is 0. The molecule has 3 aromatic carbocycles. The maximum Gasteiger partial charge on any atom is 0.140 e. The maximum atomic E-state index is 5.30. The van der Waals surface area contributed by atoms with Gasteiger partial charge in [0.05, 0.1) is 26.0 Å². The molecule has 256 valence electrons. The van der Waals surface area contributed by atoms with E-state index in [1.807, 2.05) is 110 Å². The van der Waals surface area contributed by atoms with Crippen molar-refractivity contribution < 1.29 is 14.2 Å². The molecule has 0 fully saturated rings. The summed E-state index contributed by atoms with van der Waals surface area (Å²) in [5, 5.41) is 0. The quantitative estimate of drug-likeness (QED) is 0.190. The average Bonchev–Trinajstić information content (AvgIpc) is 3.96. The van der Waals surface area contributed by atoms with Crippen LogP contribution >= 0.6 is 11.8 Å². The van der Waals surface area contributed by atoms with E-state index in [-0.39, 0.29) is 14.9 Å². The maximum absolute atomic E-state index is 5.30. The van der Waals surface area contributed by atoms with Crippen molar-refractivity contribution in [3.05, 3.63) is 114 Å². The predicted molar refractivity (Wildman–Crippen MR) is 204 cm³/mol. The standard InChI is InChI=1S/2C8H8O.C8H8S.C7H7NO.4C2H6.2CH4/c3*1-2-4-8-7(3-1)5-6-9-8;1-3-8-5-7-6(1)2-4-9-7;4*1-2;;/h3*1-4H,5-6H2;1,3,5H,2,4H2;4*1-2H3;2*1H4. The average molecular weight is 650 g/mol. The molecular weight excluding hydrogens is 587 g/mol. The largest absolute Gasteiger partial charge is 0.493 e. The van der Waals surface area contributed by atoms with E-state index in [4.69, 9.17) is 14.2 Å². The van der Waals surface area contributed by atoms with Crippen molar-refractivity contribution in [3.8, 4) is 17.2 Å². The van der Waals surface area contributed by atoms with E-state index < -0.39 is 0 Å². The van der Waals surface area contributed by atoms with Crippen LogP contribution in [0.2, 0.25) is 0 Å². The van der Waals surface area contributed by atoms with Crippen LogP contribution in [0.5, 0.6) is 17.2 Å². The summed E-state index contributed by atoms with van der Waals surface area (Å²) < 4.78 is 15.8. The zero-order chi connectivity index (χ0) is 32.4. The summed E-state index contributed by atoms with van der Waals surface area (Å²) in [6.45, 7) is 18.5. The lowest BCUT2D eigenvalue weighted by Crippen LogP contribution is -1.85. The van der Waals surface area contributed by atoms with E-state index in [0.717, 1.165) is 56.3 Å². The highest BCUT2D eigenvalue weighted by Crippen LogP contribution is 2.30. The molecule has 0 bridgehead atoms. The third kappa shape index (κ3) is 15.2. The second-order valence-electron chi connectivity index (χ2n) is 8.70. The zero-order valence-corrected chi connectivity index (χ0v) is 29.2. The van der Waals surface area contributed by atoms with Gasteiger partial charge >= 0.3 is 0 Å². The Morgan fingerprint density at radius 3 is 1.35 bits per heavy atom. The van der Waals surface area contributed by atoms with Gasteiger partial charge in [-0.05, 0) is 47.4 Å². The summed E-state index contributed by atoms with van der Waals surface area (Å²) in [6.07, 6.45) is 8.03. The van der Waals surface area contributed by atoms with Crippen LogP contribution in [0.3, 0.4) is 0 Å². The number of thioether (sulfide) groups is 1. The van der Waals surface area contributed by atoms with Crippen LogP contribution in [0.15, 0.2) is 96.2 Å². The molecule has 0 spiro atoms. The van der Waals surface area contributed by atoms with E-state index in [1.54, 1.807) is 12.4 Å². The lowest BCUT2D eigenvalue weighted by Gasteiger charge is -1.93. The number of ether oxygens (including phenoxy) is 3. The summed E-state index contributed by atoms with van der Waals surface area (Å²) in [4.78, 5) is 5.42. The van der Waals surface area contributed by atoms with Crippen molar-refractivity contribution in [3.63, 3.8) is 0 Å². The smallest absolute Gasteiger partial charge is 0.140 e. The van der Waals surface area contributed by atoms with Gasteiger partial charge in [0, 0.05) is 41.7 Å². The van der Waals surface area contributed by atoms with Crippen LogP contribution in [-0.2, 0) is 25.7 Å². The first-order valence-electron chi connectivity index (χ1n) is 16.5. The van der Waals surface area contributed by atoms with Crippen molar-refractivity contribution in [1.82, 2.24) is 4.98 Å². The second kappa shape index (κ2) is 29.0. The molecule has 0 amide bonds. The summed E-state index contributed by atoms with van der Waals surface area (Å²) in [7, 11) is 0. The molecule has 46 heavy (non-hydrogen) atoms. The Balaban J connectivity index is 0. The Hall–Kier alpha value is -3.44. The number of para-hydroxylation sites is 2. The van der Waals surface area contributed by atoms with Gasteiger partial charge in [-0.2, -0.15) is 0 Å². The Kier molecular flexibility index (Phi) is 28.2. The lowest BCUT2D eigenvalue weighted by molar-refractivity contribution is 0.355. The first-order valence-corrected chi connectivity index (χ1v) is 17.5. The van der Waals surface area contributed by atoms with Gasteiger partial charge in [0.15, 0.2) is 0 Å². The fourth-order valence-electron chi connectivity index (χ4n) is 4.38. The van der Waals surface area contributed by atoms with Gasteiger partial charge in [-0.15, -0.1) is 11.8 Å². The summed E-state index contributed by atoms with van der Waals surface area (Å²) in [5.41, 5.74) is 5.50. The molecule has 0 radical (unpaired) electrons. The highest BCUT2D eigenvalue weighted by atomic mass is 32.2. The van der Waals surface area contributed by atoms with Gasteiger partial charge in [-0.1, -0.05) is 125 Å². The molecule has 0 atom stereocenters. The molecule has 1 aromatic heterocycles. The molecule has 5 heterocycles. The van der Waals surface area contributed by atoms with Gasteiger partial charge in [0.1, 0.15) is 17.2 Å². The molecule has 0 saturated carbocycles. The van der Waals surface area contributed by atoms with Crippen LogP contribution in [0.1, 0.15) is 92.5 Å². The van der Waals surface area contributed by atoms with E-state index in [1.165, 1.54) is 39.3 Å².